The van der Waals surface area contributed by atoms with Gasteiger partial charge in [-0.2, -0.15) is 0 Å². The topological polar surface area (TPSA) is 64.2 Å². The lowest BCUT2D eigenvalue weighted by molar-refractivity contribution is -0.131. The molecule has 1 aliphatic rings. The molecule has 3 heterocycles. The molecule has 1 unspecified atom stereocenters. The maximum absolute atomic E-state index is 12.8. The molecule has 0 N–H and O–H groups in total. The molecule has 1 aromatic carbocycles. The van der Waals surface area contributed by atoms with E-state index in [2.05, 4.69) is 45.2 Å². The van der Waals surface area contributed by atoms with Gasteiger partial charge < -0.3 is 9.32 Å². The van der Waals surface area contributed by atoms with Gasteiger partial charge in [-0.1, -0.05) is 42.1 Å². The van der Waals surface area contributed by atoms with Crippen LogP contribution in [-0.4, -0.2) is 43.9 Å². The summed E-state index contributed by atoms with van der Waals surface area (Å²) < 4.78 is 8.36. The van der Waals surface area contributed by atoms with Crippen LogP contribution in [0, 0.1) is 0 Å². The molecule has 0 radical (unpaired) electrons. The van der Waals surface area contributed by atoms with E-state index in [0.29, 0.717) is 34.6 Å². The van der Waals surface area contributed by atoms with Crippen molar-refractivity contribution in [1.82, 2.24) is 19.7 Å². The zero-order valence-corrected chi connectivity index (χ0v) is 18.7. The Hall–Kier alpha value is -2.06. The van der Waals surface area contributed by atoms with E-state index < -0.39 is 0 Å². The highest BCUT2D eigenvalue weighted by Crippen LogP contribution is 2.28. The first-order chi connectivity index (χ1) is 14.1. The fourth-order valence-electron chi connectivity index (χ4n) is 3.60. The second-order valence-electron chi connectivity index (χ2n) is 7.20. The minimum absolute atomic E-state index is 0.166. The predicted molar refractivity (Wildman–Crippen MR) is 117 cm³/mol. The first kappa shape index (κ1) is 20.2. The molecule has 2 aromatic heterocycles. The monoisotopic (exact) mass is 474 g/mol. The molecule has 0 aliphatic carbocycles. The summed E-state index contributed by atoms with van der Waals surface area (Å²) >= 11 is 4.78. The molecule has 152 valence electrons. The summed E-state index contributed by atoms with van der Waals surface area (Å²) in [5.74, 6) is 1.82. The number of amides is 1. The second-order valence-corrected chi connectivity index (χ2v) is 8.93. The van der Waals surface area contributed by atoms with Crippen LogP contribution in [0.25, 0.3) is 11.6 Å². The van der Waals surface area contributed by atoms with Gasteiger partial charge in [0, 0.05) is 12.6 Å². The number of carbonyl (C=O) groups is 1. The van der Waals surface area contributed by atoms with Crippen molar-refractivity contribution < 1.29 is 9.21 Å². The summed E-state index contributed by atoms with van der Waals surface area (Å²) in [7, 11) is 0. The lowest BCUT2D eigenvalue weighted by Gasteiger charge is -2.33. The standard InChI is InChI=1S/C21H23BrN4O2S/c1-15-7-5-6-12-25(15)19(27)14-29-21-24-23-20(17-10-11-18(22)28-17)26(21)13-16-8-3-2-4-9-16/h2-4,8-11,15H,5-7,12-14H2,1H3. The number of thioether (sulfide) groups is 1. The number of halogens is 1. The van der Waals surface area contributed by atoms with Crippen molar-refractivity contribution in [2.45, 2.75) is 43.9 Å². The highest BCUT2D eigenvalue weighted by molar-refractivity contribution is 9.10. The highest BCUT2D eigenvalue weighted by Gasteiger charge is 2.24. The predicted octanol–water partition coefficient (Wildman–Crippen LogP) is 4.84. The van der Waals surface area contributed by atoms with Gasteiger partial charge in [0.15, 0.2) is 15.6 Å². The molecule has 1 amide bonds. The number of rotatable bonds is 6. The maximum atomic E-state index is 12.8. The summed E-state index contributed by atoms with van der Waals surface area (Å²) in [6.45, 7) is 3.59. The zero-order valence-electron chi connectivity index (χ0n) is 16.3. The fourth-order valence-corrected chi connectivity index (χ4v) is 4.73. The number of aromatic nitrogens is 3. The van der Waals surface area contributed by atoms with Crippen LogP contribution in [-0.2, 0) is 11.3 Å². The molecule has 1 aliphatic heterocycles. The van der Waals surface area contributed by atoms with Crippen molar-refractivity contribution in [1.29, 1.82) is 0 Å². The second kappa shape index (κ2) is 9.17. The highest BCUT2D eigenvalue weighted by atomic mass is 79.9. The number of likely N-dealkylation sites (tertiary alicyclic amines) is 1. The Bertz CT molecular complexity index is 972. The van der Waals surface area contributed by atoms with Crippen LogP contribution in [0.1, 0.15) is 31.7 Å². The van der Waals surface area contributed by atoms with Crippen LogP contribution in [0.3, 0.4) is 0 Å². The van der Waals surface area contributed by atoms with Gasteiger partial charge in [-0.3, -0.25) is 9.36 Å². The molecule has 6 nitrogen and oxygen atoms in total. The van der Waals surface area contributed by atoms with E-state index in [1.807, 2.05) is 39.8 Å². The lowest BCUT2D eigenvalue weighted by Crippen LogP contribution is -2.43. The first-order valence-corrected chi connectivity index (χ1v) is 11.5. The molecule has 1 atom stereocenters. The number of nitrogens with zero attached hydrogens (tertiary/aromatic N) is 4. The van der Waals surface area contributed by atoms with Crippen molar-refractivity contribution in [2.75, 3.05) is 12.3 Å². The molecule has 3 aromatic rings. The number of benzene rings is 1. The number of hydrogen-bond donors (Lipinski definition) is 0. The van der Waals surface area contributed by atoms with Gasteiger partial charge >= 0.3 is 0 Å². The van der Waals surface area contributed by atoms with E-state index >= 15 is 0 Å². The molecule has 8 heteroatoms. The summed E-state index contributed by atoms with van der Waals surface area (Å²) in [4.78, 5) is 14.8. The Morgan fingerprint density at radius 3 is 2.76 bits per heavy atom. The summed E-state index contributed by atoms with van der Waals surface area (Å²) in [6.07, 6.45) is 3.37. The Morgan fingerprint density at radius 1 is 1.21 bits per heavy atom. The molecule has 0 spiro atoms. The Kier molecular flexibility index (Phi) is 6.40. The van der Waals surface area contributed by atoms with Crippen molar-refractivity contribution in [3.63, 3.8) is 0 Å². The Morgan fingerprint density at radius 2 is 2.03 bits per heavy atom. The molecule has 0 bridgehead atoms. The van der Waals surface area contributed by atoms with Crippen LogP contribution < -0.4 is 0 Å². The summed E-state index contributed by atoms with van der Waals surface area (Å²) in [6, 6.07) is 14.2. The maximum Gasteiger partial charge on any atom is 0.233 e. The molecular formula is C21H23BrN4O2S. The average molecular weight is 475 g/mol. The third-order valence-corrected chi connectivity index (χ3v) is 6.52. The lowest BCUT2D eigenvalue weighted by atomic mass is 10.0. The molecule has 1 fully saturated rings. The van der Waals surface area contributed by atoms with Gasteiger partial charge in [-0.25, -0.2) is 0 Å². The number of hydrogen-bond acceptors (Lipinski definition) is 5. The third-order valence-electron chi connectivity index (χ3n) is 5.14. The fraction of sp³-hybridized carbons (Fsp3) is 0.381. The van der Waals surface area contributed by atoms with Gasteiger partial charge in [0.1, 0.15) is 0 Å². The quantitative estimate of drug-likeness (QED) is 0.478. The van der Waals surface area contributed by atoms with Gasteiger partial charge in [0.05, 0.1) is 12.3 Å². The van der Waals surface area contributed by atoms with E-state index in [1.165, 1.54) is 18.2 Å². The van der Waals surface area contributed by atoms with Crippen LogP contribution in [0.15, 0.2) is 56.7 Å². The number of furan rings is 1. The minimum Gasteiger partial charge on any atom is -0.446 e. The SMILES string of the molecule is CC1CCCCN1C(=O)CSc1nnc(-c2ccc(Br)o2)n1Cc1ccccc1. The smallest absolute Gasteiger partial charge is 0.233 e. The number of carbonyl (C=O) groups excluding carboxylic acids is 1. The van der Waals surface area contributed by atoms with Crippen molar-refractivity contribution in [3.8, 4) is 11.6 Å². The van der Waals surface area contributed by atoms with E-state index in [9.17, 15) is 4.79 Å². The van der Waals surface area contributed by atoms with E-state index in [0.717, 1.165) is 30.1 Å². The first-order valence-electron chi connectivity index (χ1n) is 9.77. The summed E-state index contributed by atoms with van der Waals surface area (Å²) in [5.41, 5.74) is 1.14. The van der Waals surface area contributed by atoms with Crippen molar-refractivity contribution in [3.05, 3.63) is 52.7 Å². The van der Waals surface area contributed by atoms with Gasteiger partial charge in [0.2, 0.25) is 11.7 Å². The van der Waals surface area contributed by atoms with Crippen LogP contribution in [0.2, 0.25) is 0 Å². The summed E-state index contributed by atoms with van der Waals surface area (Å²) in [5, 5.41) is 9.43. The molecular weight excluding hydrogens is 452 g/mol. The van der Waals surface area contributed by atoms with E-state index in [4.69, 9.17) is 4.42 Å². The number of piperidine rings is 1. The third kappa shape index (κ3) is 4.75. The Balaban J connectivity index is 1.56. The van der Waals surface area contributed by atoms with Gasteiger partial charge in [0.25, 0.3) is 0 Å². The van der Waals surface area contributed by atoms with Crippen LogP contribution in [0.4, 0.5) is 0 Å². The van der Waals surface area contributed by atoms with Crippen LogP contribution in [0.5, 0.6) is 0 Å². The molecule has 1 saturated heterocycles. The Labute approximate surface area is 182 Å². The molecule has 0 saturated carbocycles. The van der Waals surface area contributed by atoms with Crippen molar-refractivity contribution in [2.24, 2.45) is 0 Å². The van der Waals surface area contributed by atoms with Gasteiger partial charge in [-0.05, 0) is 59.8 Å². The average Bonchev–Trinajstić information content (AvgIpc) is 3.33. The molecule has 4 rings (SSSR count). The van der Waals surface area contributed by atoms with Crippen LogP contribution >= 0.6 is 27.7 Å². The zero-order chi connectivity index (χ0) is 20.2. The minimum atomic E-state index is 0.166. The van der Waals surface area contributed by atoms with Crippen molar-refractivity contribution >= 4 is 33.6 Å². The normalized spacial score (nSPS) is 16.9. The largest absolute Gasteiger partial charge is 0.446 e. The van der Waals surface area contributed by atoms with E-state index in [1.54, 1.807) is 0 Å². The van der Waals surface area contributed by atoms with Gasteiger partial charge in [-0.15, -0.1) is 10.2 Å². The molecule has 29 heavy (non-hydrogen) atoms. The van der Waals surface area contributed by atoms with E-state index in [-0.39, 0.29) is 5.91 Å².